The molecule has 2 N–H and O–H groups in total. The molecule has 1 saturated carbocycles. The lowest BCUT2D eigenvalue weighted by Crippen LogP contribution is -2.26. The molecule has 23 heavy (non-hydrogen) atoms. The Morgan fingerprint density at radius 3 is 2.65 bits per heavy atom. The van der Waals surface area contributed by atoms with Crippen LogP contribution in [0.1, 0.15) is 42.6 Å². The van der Waals surface area contributed by atoms with Gasteiger partial charge in [0.05, 0.1) is 5.69 Å². The summed E-state index contributed by atoms with van der Waals surface area (Å²) in [6, 6.07) is 3.40. The SMILES string of the molecule is O=C(Nc1nccs1)c1ncccc1NC(=O)C1CCCCC1. The van der Waals surface area contributed by atoms with Crippen LogP contribution in [0.25, 0.3) is 0 Å². The average Bonchev–Trinajstić information content (AvgIpc) is 3.09. The summed E-state index contributed by atoms with van der Waals surface area (Å²) < 4.78 is 0. The van der Waals surface area contributed by atoms with E-state index in [0.29, 0.717) is 10.8 Å². The smallest absolute Gasteiger partial charge is 0.278 e. The van der Waals surface area contributed by atoms with E-state index in [4.69, 9.17) is 0 Å². The third-order valence-corrected chi connectivity index (χ3v) is 4.60. The van der Waals surface area contributed by atoms with Gasteiger partial charge in [0, 0.05) is 23.7 Å². The highest BCUT2D eigenvalue weighted by molar-refractivity contribution is 7.13. The highest BCUT2D eigenvalue weighted by Crippen LogP contribution is 2.25. The highest BCUT2D eigenvalue weighted by atomic mass is 32.1. The van der Waals surface area contributed by atoms with Gasteiger partial charge in [0.2, 0.25) is 5.91 Å². The predicted molar refractivity (Wildman–Crippen MR) is 89.5 cm³/mol. The quantitative estimate of drug-likeness (QED) is 0.901. The molecule has 0 radical (unpaired) electrons. The largest absolute Gasteiger partial charge is 0.324 e. The van der Waals surface area contributed by atoms with E-state index >= 15 is 0 Å². The third kappa shape index (κ3) is 3.92. The minimum absolute atomic E-state index is 0.0267. The molecular weight excluding hydrogens is 312 g/mol. The number of hydrogen-bond acceptors (Lipinski definition) is 5. The summed E-state index contributed by atoms with van der Waals surface area (Å²) in [4.78, 5) is 32.8. The van der Waals surface area contributed by atoms with Crippen molar-refractivity contribution < 1.29 is 9.59 Å². The maximum absolute atomic E-state index is 12.4. The Morgan fingerprint density at radius 2 is 1.91 bits per heavy atom. The van der Waals surface area contributed by atoms with Crippen LogP contribution in [-0.2, 0) is 4.79 Å². The Bertz CT molecular complexity index is 681. The van der Waals surface area contributed by atoms with Gasteiger partial charge in [0.1, 0.15) is 0 Å². The molecule has 0 unspecified atom stereocenters. The molecule has 2 heterocycles. The average molecular weight is 330 g/mol. The summed E-state index contributed by atoms with van der Waals surface area (Å²) in [6.45, 7) is 0. The van der Waals surface area contributed by atoms with E-state index in [1.807, 2.05) is 0 Å². The molecule has 2 aromatic rings. The van der Waals surface area contributed by atoms with E-state index in [1.165, 1.54) is 24.0 Å². The number of hydrogen-bond donors (Lipinski definition) is 2. The number of rotatable bonds is 4. The second-order valence-electron chi connectivity index (χ2n) is 5.52. The monoisotopic (exact) mass is 330 g/mol. The van der Waals surface area contributed by atoms with Gasteiger partial charge in [0.15, 0.2) is 10.8 Å². The van der Waals surface area contributed by atoms with Crippen molar-refractivity contribution in [3.63, 3.8) is 0 Å². The molecule has 0 saturated heterocycles. The van der Waals surface area contributed by atoms with Crippen molar-refractivity contribution in [3.8, 4) is 0 Å². The van der Waals surface area contributed by atoms with E-state index < -0.39 is 0 Å². The molecule has 0 bridgehead atoms. The molecule has 1 aliphatic carbocycles. The number of anilines is 2. The number of pyridine rings is 1. The molecule has 3 rings (SSSR count). The van der Waals surface area contributed by atoms with E-state index in [2.05, 4.69) is 20.6 Å². The van der Waals surface area contributed by atoms with Crippen LogP contribution in [0.15, 0.2) is 29.9 Å². The van der Waals surface area contributed by atoms with Gasteiger partial charge in [-0.1, -0.05) is 19.3 Å². The Morgan fingerprint density at radius 1 is 1.09 bits per heavy atom. The third-order valence-electron chi connectivity index (χ3n) is 3.91. The van der Waals surface area contributed by atoms with Crippen LogP contribution in [-0.4, -0.2) is 21.8 Å². The molecule has 6 nitrogen and oxygen atoms in total. The zero-order chi connectivity index (χ0) is 16.1. The molecule has 0 atom stereocenters. The lowest BCUT2D eigenvalue weighted by Gasteiger charge is -2.21. The number of nitrogens with zero attached hydrogens (tertiary/aromatic N) is 2. The molecule has 0 aromatic carbocycles. The van der Waals surface area contributed by atoms with E-state index in [0.717, 1.165) is 25.7 Å². The first-order valence-electron chi connectivity index (χ1n) is 7.71. The topological polar surface area (TPSA) is 84.0 Å². The van der Waals surface area contributed by atoms with Gasteiger partial charge in [-0.2, -0.15) is 0 Å². The first kappa shape index (κ1) is 15.6. The van der Waals surface area contributed by atoms with Gasteiger partial charge < -0.3 is 5.32 Å². The highest BCUT2D eigenvalue weighted by Gasteiger charge is 2.23. The lowest BCUT2D eigenvalue weighted by atomic mass is 9.88. The zero-order valence-corrected chi connectivity index (χ0v) is 13.4. The van der Waals surface area contributed by atoms with Crippen LogP contribution in [0.2, 0.25) is 0 Å². The van der Waals surface area contributed by atoms with Gasteiger partial charge in [0.25, 0.3) is 5.91 Å². The molecular formula is C16H18N4O2S. The predicted octanol–water partition coefficient (Wildman–Crippen LogP) is 3.31. The second-order valence-corrected chi connectivity index (χ2v) is 6.41. The minimum Gasteiger partial charge on any atom is -0.324 e. The van der Waals surface area contributed by atoms with Gasteiger partial charge in [-0.25, -0.2) is 9.97 Å². The summed E-state index contributed by atoms with van der Waals surface area (Å²) in [7, 11) is 0. The molecule has 7 heteroatoms. The zero-order valence-electron chi connectivity index (χ0n) is 12.6. The maximum Gasteiger partial charge on any atom is 0.278 e. The molecule has 0 spiro atoms. The molecule has 2 aromatic heterocycles. The lowest BCUT2D eigenvalue weighted by molar-refractivity contribution is -0.120. The van der Waals surface area contributed by atoms with E-state index in [-0.39, 0.29) is 23.4 Å². The van der Waals surface area contributed by atoms with Crippen molar-refractivity contribution in [1.82, 2.24) is 9.97 Å². The molecule has 1 aliphatic rings. The Balaban J connectivity index is 1.72. The fourth-order valence-electron chi connectivity index (χ4n) is 2.73. The summed E-state index contributed by atoms with van der Waals surface area (Å²) in [5.41, 5.74) is 0.643. The number of amides is 2. The van der Waals surface area contributed by atoms with Crippen LogP contribution in [0, 0.1) is 5.92 Å². The Kier molecular flexibility index (Phi) is 4.97. The summed E-state index contributed by atoms with van der Waals surface area (Å²) in [5, 5.41) is 7.83. The van der Waals surface area contributed by atoms with Gasteiger partial charge in [-0.15, -0.1) is 11.3 Å². The van der Waals surface area contributed by atoms with Crippen molar-refractivity contribution >= 4 is 34.0 Å². The van der Waals surface area contributed by atoms with Crippen molar-refractivity contribution in [1.29, 1.82) is 0 Å². The summed E-state index contributed by atoms with van der Waals surface area (Å²) >= 11 is 1.33. The summed E-state index contributed by atoms with van der Waals surface area (Å²) in [5.74, 6) is -0.376. The fourth-order valence-corrected chi connectivity index (χ4v) is 3.25. The normalized spacial score (nSPS) is 15.1. The van der Waals surface area contributed by atoms with Crippen LogP contribution < -0.4 is 10.6 Å². The van der Waals surface area contributed by atoms with Gasteiger partial charge >= 0.3 is 0 Å². The van der Waals surface area contributed by atoms with E-state index in [9.17, 15) is 9.59 Å². The van der Waals surface area contributed by atoms with Crippen molar-refractivity contribution in [2.24, 2.45) is 5.92 Å². The number of aromatic nitrogens is 2. The maximum atomic E-state index is 12.4. The first-order chi connectivity index (χ1) is 11.2. The number of nitrogens with one attached hydrogen (secondary N) is 2. The van der Waals surface area contributed by atoms with E-state index in [1.54, 1.807) is 23.7 Å². The first-order valence-corrected chi connectivity index (χ1v) is 8.59. The van der Waals surface area contributed by atoms with Crippen LogP contribution in [0.5, 0.6) is 0 Å². The molecule has 0 aliphatic heterocycles. The standard InChI is InChI=1S/C16H18N4O2S/c21-14(11-5-2-1-3-6-11)19-12-7-4-8-17-13(12)15(22)20-16-18-9-10-23-16/h4,7-11H,1-3,5-6H2,(H,19,21)(H,18,20,22). The Labute approximate surface area is 138 Å². The van der Waals surface area contributed by atoms with Gasteiger partial charge in [-0.3, -0.25) is 14.9 Å². The minimum atomic E-state index is -0.375. The van der Waals surface area contributed by atoms with Crippen molar-refractivity contribution in [2.75, 3.05) is 10.6 Å². The Hall–Kier alpha value is -2.28. The molecule has 120 valence electrons. The molecule has 1 fully saturated rings. The fraction of sp³-hybridized carbons (Fsp3) is 0.375. The number of carbonyl (C=O) groups excluding carboxylic acids is 2. The van der Waals surface area contributed by atoms with Crippen molar-refractivity contribution in [3.05, 3.63) is 35.6 Å². The van der Waals surface area contributed by atoms with Crippen molar-refractivity contribution in [2.45, 2.75) is 32.1 Å². The van der Waals surface area contributed by atoms with Crippen LogP contribution in [0.3, 0.4) is 0 Å². The van der Waals surface area contributed by atoms with Crippen LogP contribution in [0.4, 0.5) is 10.8 Å². The van der Waals surface area contributed by atoms with Crippen LogP contribution >= 0.6 is 11.3 Å². The summed E-state index contributed by atoms with van der Waals surface area (Å²) in [6.07, 6.45) is 8.33. The van der Waals surface area contributed by atoms with Gasteiger partial charge in [-0.05, 0) is 25.0 Å². The number of thiazole rings is 1. The number of carbonyl (C=O) groups is 2. The molecule has 2 amide bonds. The second kappa shape index (κ2) is 7.32.